The van der Waals surface area contributed by atoms with E-state index < -0.39 is 5.97 Å². The summed E-state index contributed by atoms with van der Waals surface area (Å²) in [6.07, 6.45) is 1.44. The van der Waals surface area contributed by atoms with Gasteiger partial charge in [-0.1, -0.05) is 35.9 Å². The highest BCUT2D eigenvalue weighted by Gasteiger charge is 2.08. The zero-order chi connectivity index (χ0) is 18.8. The van der Waals surface area contributed by atoms with E-state index in [9.17, 15) is 9.59 Å². The maximum Gasteiger partial charge on any atom is 0.306 e. The van der Waals surface area contributed by atoms with Crippen LogP contribution in [0.1, 0.15) is 17.5 Å². The van der Waals surface area contributed by atoms with Gasteiger partial charge in [-0.05, 0) is 48.2 Å². The van der Waals surface area contributed by atoms with Crippen LogP contribution in [0.5, 0.6) is 5.75 Å². The molecule has 0 unspecified atom stereocenters. The van der Waals surface area contributed by atoms with Crippen LogP contribution in [0.4, 0.5) is 0 Å². The number of halogens is 1. The minimum Gasteiger partial charge on any atom is -0.497 e. The Kier molecular flexibility index (Phi) is 7.96. The van der Waals surface area contributed by atoms with Crippen LogP contribution in [0.25, 0.3) is 0 Å². The molecule has 0 atom stereocenters. The SMILES string of the molecule is COc1ccc(CCC(=O)OCC(=O)NCCc2cccc(Cl)c2)cc1. The van der Waals surface area contributed by atoms with Crippen molar-refractivity contribution in [2.75, 3.05) is 20.3 Å². The first-order valence-electron chi connectivity index (χ1n) is 8.36. The largest absolute Gasteiger partial charge is 0.497 e. The Labute approximate surface area is 158 Å². The molecule has 5 nitrogen and oxygen atoms in total. The highest BCUT2D eigenvalue weighted by Crippen LogP contribution is 2.13. The first kappa shape index (κ1) is 19.8. The van der Waals surface area contributed by atoms with Crippen molar-refractivity contribution in [3.05, 3.63) is 64.7 Å². The second kappa shape index (κ2) is 10.5. The average molecular weight is 376 g/mol. The van der Waals surface area contributed by atoms with E-state index in [1.807, 2.05) is 42.5 Å². The molecule has 2 rings (SSSR count). The van der Waals surface area contributed by atoms with Crippen molar-refractivity contribution in [3.8, 4) is 5.75 Å². The topological polar surface area (TPSA) is 64.6 Å². The lowest BCUT2D eigenvalue weighted by atomic mass is 10.1. The van der Waals surface area contributed by atoms with Gasteiger partial charge < -0.3 is 14.8 Å². The standard InChI is InChI=1S/C20H22ClNO4/c1-25-18-8-5-15(6-9-18)7-10-20(24)26-14-19(23)22-12-11-16-3-2-4-17(21)13-16/h2-6,8-9,13H,7,10-12,14H2,1H3,(H,22,23). The zero-order valence-corrected chi connectivity index (χ0v) is 15.4. The fourth-order valence-electron chi connectivity index (χ4n) is 2.35. The van der Waals surface area contributed by atoms with Crippen LogP contribution in [0, 0.1) is 0 Å². The number of ether oxygens (including phenoxy) is 2. The molecule has 1 amide bonds. The normalized spacial score (nSPS) is 10.2. The van der Waals surface area contributed by atoms with Gasteiger partial charge in [0.25, 0.3) is 5.91 Å². The number of rotatable bonds is 9. The van der Waals surface area contributed by atoms with Gasteiger partial charge in [0.05, 0.1) is 7.11 Å². The molecule has 0 aromatic heterocycles. The van der Waals surface area contributed by atoms with E-state index >= 15 is 0 Å². The monoisotopic (exact) mass is 375 g/mol. The number of aryl methyl sites for hydroxylation is 1. The number of hydrogen-bond acceptors (Lipinski definition) is 4. The van der Waals surface area contributed by atoms with Crippen molar-refractivity contribution < 1.29 is 19.1 Å². The molecule has 0 radical (unpaired) electrons. The number of carbonyl (C=O) groups excluding carboxylic acids is 2. The summed E-state index contributed by atoms with van der Waals surface area (Å²) in [5.74, 6) is 0.0569. The van der Waals surface area contributed by atoms with Crippen LogP contribution in [0.15, 0.2) is 48.5 Å². The Balaban J connectivity index is 1.61. The molecule has 0 aliphatic heterocycles. The summed E-state index contributed by atoms with van der Waals surface area (Å²) in [6.45, 7) is 0.194. The lowest BCUT2D eigenvalue weighted by Crippen LogP contribution is -2.30. The van der Waals surface area contributed by atoms with E-state index in [4.69, 9.17) is 21.1 Å². The van der Waals surface area contributed by atoms with Gasteiger partial charge in [-0.2, -0.15) is 0 Å². The lowest BCUT2D eigenvalue weighted by molar-refractivity contribution is -0.148. The van der Waals surface area contributed by atoms with Gasteiger partial charge >= 0.3 is 5.97 Å². The first-order valence-corrected chi connectivity index (χ1v) is 8.74. The molecule has 0 spiro atoms. The molecular formula is C20H22ClNO4. The van der Waals surface area contributed by atoms with E-state index in [1.165, 1.54) is 0 Å². The molecule has 0 saturated carbocycles. The summed E-state index contributed by atoms with van der Waals surface area (Å²) in [5, 5.41) is 3.39. The van der Waals surface area contributed by atoms with Crippen molar-refractivity contribution in [2.45, 2.75) is 19.3 Å². The fourth-order valence-corrected chi connectivity index (χ4v) is 2.56. The Bertz CT molecular complexity index is 731. The van der Waals surface area contributed by atoms with Gasteiger partial charge in [0.15, 0.2) is 6.61 Å². The third kappa shape index (κ3) is 7.15. The van der Waals surface area contributed by atoms with Gasteiger partial charge in [-0.3, -0.25) is 9.59 Å². The minimum atomic E-state index is -0.397. The minimum absolute atomic E-state index is 0.224. The third-order valence-corrected chi connectivity index (χ3v) is 4.00. The first-order chi connectivity index (χ1) is 12.6. The number of esters is 1. The quantitative estimate of drug-likeness (QED) is 0.684. The summed E-state index contributed by atoms with van der Waals surface area (Å²) in [5.41, 5.74) is 2.04. The Morgan fingerprint density at radius 3 is 2.50 bits per heavy atom. The predicted octanol–water partition coefficient (Wildman–Crippen LogP) is 3.18. The van der Waals surface area contributed by atoms with Gasteiger partial charge in [0.2, 0.25) is 0 Å². The van der Waals surface area contributed by atoms with E-state index in [0.29, 0.717) is 24.4 Å². The highest BCUT2D eigenvalue weighted by atomic mass is 35.5. The molecule has 138 valence electrons. The van der Waals surface area contributed by atoms with Gasteiger partial charge in [-0.25, -0.2) is 0 Å². The van der Waals surface area contributed by atoms with Crippen LogP contribution in [0.3, 0.4) is 0 Å². The summed E-state index contributed by atoms with van der Waals surface area (Å²) in [4.78, 5) is 23.5. The molecule has 0 heterocycles. The lowest BCUT2D eigenvalue weighted by Gasteiger charge is -2.07. The van der Waals surface area contributed by atoms with E-state index in [-0.39, 0.29) is 18.9 Å². The van der Waals surface area contributed by atoms with Gasteiger partial charge in [0.1, 0.15) is 5.75 Å². The van der Waals surface area contributed by atoms with Crippen molar-refractivity contribution in [1.29, 1.82) is 0 Å². The fraction of sp³-hybridized carbons (Fsp3) is 0.300. The molecule has 1 N–H and O–H groups in total. The van der Waals surface area contributed by atoms with Crippen LogP contribution in [-0.4, -0.2) is 32.1 Å². The summed E-state index contributed by atoms with van der Waals surface area (Å²) >= 11 is 5.91. The zero-order valence-electron chi connectivity index (χ0n) is 14.7. The van der Waals surface area contributed by atoms with Crippen LogP contribution < -0.4 is 10.1 Å². The average Bonchev–Trinajstić information content (AvgIpc) is 2.65. The molecule has 0 bridgehead atoms. The van der Waals surface area contributed by atoms with Gasteiger partial charge in [0, 0.05) is 18.0 Å². The van der Waals surface area contributed by atoms with Crippen molar-refractivity contribution in [3.63, 3.8) is 0 Å². The number of hydrogen-bond donors (Lipinski definition) is 1. The number of methoxy groups -OCH3 is 1. The van der Waals surface area contributed by atoms with Crippen molar-refractivity contribution in [1.82, 2.24) is 5.32 Å². The Hall–Kier alpha value is -2.53. The molecule has 0 fully saturated rings. The molecule has 26 heavy (non-hydrogen) atoms. The summed E-state index contributed by atoms with van der Waals surface area (Å²) in [7, 11) is 1.60. The number of amides is 1. The number of benzene rings is 2. The molecule has 0 saturated heterocycles. The summed E-state index contributed by atoms with van der Waals surface area (Å²) in [6, 6.07) is 14.9. The van der Waals surface area contributed by atoms with Crippen molar-refractivity contribution >= 4 is 23.5 Å². The van der Waals surface area contributed by atoms with E-state index in [0.717, 1.165) is 16.9 Å². The maximum absolute atomic E-state index is 11.7. The summed E-state index contributed by atoms with van der Waals surface area (Å²) < 4.78 is 10.1. The molecule has 0 aliphatic rings. The third-order valence-electron chi connectivity index (χ3n) is 3.77. The van der Waals surface area contributed by atoms with Crippen molar-refractivity contribution in [2.24, 2.45) is 0 Å². The molecule has 2 aromatic rings. The van der Waals surface area contributed by atoms with Gasteiger partial charge in [-0.15, -0.1) is 0 Å². The Morgan fingerprint density at radius 1 is 1.04 bits per heavy atom. The molecule has 6 heteroatoms. The highest BCUT2D eigenvalue weighted by molar-refractivity contribution is 6.30. The van der Waals surface area contributed by atoms with Crippen LogP contribution in [-0.2, 0) is 27.2 Å². The smallest absolute Gasteiger partial charge is 0.306 e. The van der Waals surface area contributed by atoms with E-state index in [1.54, 1.807) is 13.2 Å². The molecule has 0 aliphatic carbocycles. The maximum atomic E-state index is 11.7. The second-order valence-corrected chi connectivity index (χ2v) is 6.18. The number of carbonyl (C=O) groups is 2. The van der Waals surface area contributed by atoms with Crippen LogP contribution in [0.2, 0.25) is 5.02 Å². The molecular weight excluding hydrogens is 354 g/mol. The second-order valence-electron chi connectivity index (χ2n) is 5.74. The Morgan fingerprint density at radius 2 is 1.81 bits per heavy atom. The predicted molar refractivity (Wildman–Crippen MR) is 100 cm³/mol. The van der Waals surface area contributed by atoms with E-state index in [2.05, 4.69) is 5.32 Å². The van der Waals surface area contributed by atoms with Crippen LogP contribution >= 0.6 is 11.6 Å². The molecule has 2 aromatic carbocycles. The number of nitrogens with one attached hydrogen (secondary N) is 1.